The second-order valence-corrected chi connectivity index (χ2v) is 13.4. The van der Waals surface area contributed by atoms with Crippen molar-refractivity contribution in [3.63, 3.8) is 0 Å². The lowest BCUT2D eigenvalue weighted by Gasteiger charge is -2.46. The fourth-order valence-corrected chi connectivity index (χ4v) is 7.66. The van der Waals surface area contributed by atoms with Crippen LogP contribution >= 0.6 is 0 Å². The third-order valence-electron chi connectivity index (χ3n) is 8.93. The zero-order valence-corrected chi connectivity index (χ0v) is 24.6. The summed E-state index contributed by atoms with van der Waals surface area (Å²) in [6, 6.07) is -1.55. The van der Waals surface area contributed by atoms with Gasteiger partial charge in [0.15, 0.2) is 0 Å². The van der Waals surface area contributed by atoms with Crippen molar-refractivity contribution in [3.8, 4) is 0 Å². The Morgan fingerprint density at radius 2 is 1.89 bits per heavy atom. The smallest absolute Gasteiger partial charge is 0.313 e. The first-order chi connectivity index (χ1) is 17.6. The minimum atomic E-state index is -1.19. The Bertz CT molecular complexity index is 966. The first kappa shape index (κ1) is 30.4. The van der Waals surface area contributed by atoms with E-state index in [1.54, 1.807) is 11.0 Å². The lowest BCUT2D eigenvalue weighted by Crippen LogP contribution is -2.62. The molecule has 3 aliphatic rings. The molecule has 0 aromatic carbocycles. The quantitative estimate of drug-likeness (QED) is 0.322. The summed E-state index contributed by atoms with van der Waals surface area (Å²) in [5.41, 5.74) is -2.76. The lowest BCUT2D eigenvalue weighted by atomic mass is 9.62. The van der Waals surface area contributed by atoms with E-state index in [0.717, 1.165) is 6.42 Å². The zero-order chi connectivity index (χ0) is 28.8. The zero-order valence-electron chi connectivity index (χ0n) is 24.6. The average Bonchev–Trinajstić information content (AvgIpc) is 3.32. The highest BCUT2D eigenvalue weighted by molar-refractivity contribution is 5.99. The molecule has 3 fully saturated rings. The third kappa shape index (κ3) is 4.72. The van der Waals surface area contributed by atoms with Gasteiger partial charge in [0.05, 0.1) is 24.2 Å². The predicted molar refractivity (Wildman–Crippen MR) is 146 cm³/mol. The maximum atomic E-state index is 14.7. The van der Waals surface area contributed by atoms with Crippen molar-refractivity contribution in [2.75, 3.05) is 19.8 Å². The third-order valence-corrected chi connectivity index (χ3v) is 8.93. The Labute approximate surface area is 228 Å². The van der Waals surface area contributed by atoms with Crippen LogP contribution in [0.15, 0.2) is 25.3 Å². The van der Waals surface area contributed by atoms with Gasteiger partial charge in [0.25, 0.3) is 0 Å². The van der Waals surface area contributed by atoms with Gasteiger partial charge in [0, 0.05) is 12.1 Å². The van der Waals surface area contributed by atoms with Crippen LogP contribution in [-0.4, -0.2) is 81.3 Å². The number of hydrogen-bond donors (Lipinski definition) is 1. The summed E-state index contributed by atoms with van der Waals surface area (Å²) in [5, 5.41) is 10.3. The highest BCUT2D eigenvalue weighted by Crippen LogP contribution is 2.66. The number of hydrogen-bond acceptors (Lipinski definition) is 6. The van der Waals surface area contributed by atoms with E-state index in [1.165, 1.54) is 11.0 Å². The molecule has 0 saturated carbocycles. The molecule has 2 bridgehead atoms. The molecule has 0 aromatic heterocycles. The highest BCUT2D eigenvalue weighted by Gasteiger charge is 2.81. The van der Waals surface area contributed by atoms with Gasteiger partial charge in [0.1, 0.15) is 24.2 Å². The molecule has 3 heterocycles. The van der Waals surface area contributed by atoms with Gasteiger partial charge in [-0.1, -0.05) is 53.3 Å². The normalized spacial score (nSPS) is 33.2. The largest absolute Gasteiger partial charge is 0.461 e. The van der Waals surface area contributed by atoms with E-state index in [1.807, 2.05) is 34.6 Å². The molecular formula is C30H48N2O6. The Balaban J connectivity index is 2.19. The fraction of sp³-hybridized carbons (Fsp3) is 0.767. The van der Waals surface area contributed by atoms with Gasteiger partial charge in [-0.25, -0.2) is 0 Å². The number of nitrogens with zero attached hydrogens (tertiary/aromatic N) is 2. The van der Waals surface area contributed by atoms with Crippen molar-refractivity contribution in [2.24, 2.45) is 23.2 Å². The molecule has 7 atom stereocenters. The molecule has 38 heavy (non-hydrogen) atoms. The van der Waals surface area contributed by atoms with Gasteiger partial charge >= 0.3 is 5.97 Å². The summed E-state index contributed by atoms with van der Waals surface area (Å²) in [4.78, 5) is 45.7. The molecule has 0 radical (unpaired) electrons. The van der Waals surface area contributed by atoms with E-state index in [-0.39, 0.29) is 36.4 Å². The average molecular weight is 533 g/mol. The molecule has 3 rings (SSSR count). The Hall–Kier alpha value is -2.19. The van der Waals surface area contributed by atoms with Crippen LogP contribution in [0.4, 0.5) is 0 Å². The number of carbonyl (C=O) groups excluding carboxylic acids is 3. The maximum Gasteiger partial charge on any atom is 0.313 e. The summed E-state index contributed by atoms with van der Waals surface area (Å²) >= 11 is 0. The Morgan fingerprint density at radius 1 is 1.26 bits per heavy atom. The van der Waals surface area contributed by atoms with E-state index >= 15 is 0 Å². The molecule has 214 valence electrons. The number of amides is 2. The van der Waals surface area contributed by atoms with Crippen molar-refractivity contribution < 1.29 is 29.0 Å². The maximum absolute atomic E-state index is 14.7. The topological polar surface area (TPSA) is 96.4 Å². The molecule has 1 N–H and O–H groups in total. The highest BCUT2D eigenvalue weighted by atomic mass is 16.6. The number of fused-ring (bicyclic) bond motifs is 1. The number of aliphatic hydroxyl groups is 1. The molecule has 3 unspecified atom stereocenters. The second kappa shape index (κ2) is 10.4. The summed E-state index contributed by atoms with van der Waals surface area (Å²) in [6.45, 7) is 23.8. The SMILES string of the molecule is C=CCOC(=O)[C@@H]1[C@H]2C(=O)N([C@@H](CC)CO)C(C(=O)N(CC=C)C(C)(C)CC(C)(C)C)C23CC(C)[C@@]1(C)O3. The van der Waals surface area contributed by atoms with Crippen LogP contribution in [0.2, 0.25) is 0 Å². The molecular weight excluding hydrogens is 484 g/mol. The lowest BCUT2D eigenvalue weighted by molar-refractivity contribution is -0.164. The monoisotopic (exact) mass is 532 g/mol. The first-order valence-corrected chi connectivity index (χ1v) is 13.9. The number of esters is 1. The van der Waals surface area contributed by atoms with Crippen molar-refractivity contribution in [1.82, 2.24) is 9.80 Å². The molecule has 8 heteroatoms. The second-order valence-electron chi connectivity index (χ2n) is 13.4. The molecule has 3 saturated heterocycles. The molecule has 8 nitrogen and oxygen atoms in total. The van der Waals surface area contributed by atoms with Crippen LogP contribution in [-0.2, 0) is 23.9 Å². The minimum absolute atomic E-state index is 0.0299. The molecule has 0 aromatic rings. The fourth-order valence-electron chi connectivity index (χ4n) is 7.66. The first-order valence-electron chi connectivity index (χ1n) is 13.9. The molecule has 2 amide bonds. The van der Waals surface area contributed by atoms with Gasteiger partial charge in [-0.2, -0.15) is 0 Å². The van der Waals surface area contributed by atoms with E-state index in [4.69, 9.17) is 9.47 Å². The van der Waals surface area contributed by atoms with E-state index in [2.05, 4.69) is 33.9 Å². The van der Waals surface area contributed by atoms with Gasteiger partial charge in [-0.3, -0.25) is 14.4 Å². The summed E-state index contributed by atoms with van der Waals surface area (Å²) in [6.07, 6.45) is 4.83. The van der Waals surface area contributed by atoms with Gasteiger partial charge in [-0.05, 0) is 51.4 Å². The number of carbonyl (C=O) groups is 3. The molecule has 3 aliphatic heterocycles. The standard InChI is InChI=1S/C30H48N2O6/c1-11-14-31(28(8,9)18-27(5,6)7)25(35)23-30-16-19(4)29(10,38-30)22(26(36)37-15-12-2)21(30)24(34)32(23)20(13-3)17-33/h11-12,19-23,33H,1-2,13-18H2,3-10H3/t19?,20-,21-,22-,23?,29+,30?/m0/s1. The Morgan fingerprint density at radius 3 is 2.39 bits per heavy atom. The van der Waals surface area contributed by atoms with E-state index in [9.17, 15) is 19.5 Å². The minimum Gasteiger partial charge on any atom is -0.461 e. The van der Waals surface area contributed by atoms with Gasteiger partial charge in [0.2, 0.25) is 11.8 Å². The van der Waals surface area contributed by atoms with Crippen molar-refractivity contribution >= 4 is 17.8 Å². The number of aliphatic hydroxyl groups excluding tert-OH is 1. The van der Waals surface area contributed by atoms with E-state index in [0.29, 0.717) is 19.4 Å². The summed E-state index contributed by atoms with van der Waals surface area (Å²) < 4.78 is 12.2. The Kier molecular flexibility index (Phi) is 8.32. The van der Waals surface area contributed by atoms with Crippen LogP contribution in [0.3, 0.4) is 0 Å². The van der Waals surface area contributed by atoms with Crippen LogP contribution < -0.4 is 0 Å². The van der Waals surface area contributed by atoms with Crippen LogP contribution in [0.1, 0.15) is 74.7 Å². The van der Waals surface area contributed by atoms with Gasteiger partial charge in [-0.15, -0.1) is 6.58 Å². The number of likely N-dealkylation sites (tertiary alicyclic amines) is 1. The summed E-state index contributed by atoms with van der Waals surface area (Å²) in [5.74, 6) is -2.89. The predicted octanol–water partition coefficient (Wildman–Crippen LogP) is 3.73. The van der Waals surface area contributed by atoms with Crippen LogP contribution in [0.5, 0.6) is 0 Å². The summed E-state index contributed by atoms with van der Waals surface area (Å²) in [7, 11) is 0. The van der Waals surface area contributed by atoms with Crippen molar-refractivity contribution in [3.05, 3.63) is 25.3 Å². The number of rotatable bonds is 11. The number of ether oxygens (including phenoxy) is 2. The van der Waals surface area contributed by atoms with Crippen LogP contribution in [0.25, 0.3) is 0 Å². The van der Waals surface area contributed by atoms with Gasteiger partial charge < -0.3 is 24.4 Å². The molecule has 1 spiro atoms. The molecule has 0 aliphatic carbocycles. The van der Waals surface area contributed by atoms with Crippen LogP contribution in [0, 0.1) is 23.2 Å². The van der Waals surface area contributed by atoms with Crippen molar-refractivity contribution in [2.45, 2.75) is 103 Å². The van der Waals surface area contributed by atoms with E-state index < -0.39 is 46.6 Å². The van der Waals surface area contributed by atoms with Crippen molar-refractivity contribution in [1.29, 1.82) is 0 Å².